The smallest absolute Gasteiger partial charge is 0.433 e. The molecule has 4 aromatic rings. The van der Waals surface area contributed by atoms with E-state index in [-0.39, 0.29) is 41.2 Å². The number of pyridine rings is 1. The first kappa shape index (κ1) is 23.2. The van der Waals surface area contributed by atoms with Crippen molar-refractivity contribution in [3.63, 3.8) is 0 Å². The maximum atomic E-state index is 13.2. The van der Waals surface area contributed by atoms with Gasteiger partial charge in [0.15, 0.2) is 11.5 Å². The second-order valence-corrected chi connectivity index (χ2v) is 7.51. The number of carbonyl (C=O) groups excluding carboxylic acids is 1. The van der Waals surface area contributed by atoms with Crippen LogP contribution in [-0.2, 0) is 12.7 Å². The number of halogens is 3. The van der Waals surface area contributed by atoms with Crippen molar-refractivity contribution in [2.75, 3.05) is 7.11 Å². The molecule has 2 aromatic carbocycles. The Morgan fingerprint density at radius 2 is 1.85 bits per heavy atom. The lowest BCUT2D eigenvalue weighted by Gasteiger charge is -2.13. The van der Waals surface area contributed by atoms with Crippen molar-refractivity contribution in [1.29, 1.82) is 0 Å². The van der Waals surface area contributed by atoms with Gasteiger partial charge in [-0.3, -0.25) is 4.79 Å². The van der Waals surface area contributed by atoms with Crippen LogP contribution in [0.25, 0.3) is 22.4 Å². The third-order valence-corrected chi connectivity index (χ3v) is 5.31. The highest BCUT2D eigenvalue weighted by molar-refractivity contribution is 5.98. The number of aromatic nitrogens is 2. The summed E-state index contributed by atoms with van der Waals surface area (Å²) < 4.78 is 50.5. The number of alkyl halides is 3. The zero-order valence-electron chi connectivity index (χ0n) is 18.3. The molecule has 4 rings (SSSR count). The van der Waals surface area contributed by atoms with Crippen LogP contribution in [0.4, 0.5) is 13.2 Å². The highest BCUT2D eigenvalue weighted by Crippen LogP contribution is 2.37. The first-order valence-electron chi connectivity index (χ1n) is 10.3. The van der Waals surface area contributed by atoms with E-state index in [1.807, 2.05) is 37.3 Å². The highest BCUT2D eigenvalue weighted by atomic mass is 19.4. The van der Waals surface area contributed by atoms with Crippen LogP contribution in [0.2, 0.25) is 0 Å². The Morgan fingerprint density at radius 1 is 1.12 bits per heavy atom. The molecular formula is C24H21F3N4O3. The van der Waals surface area contributed by atoms with Gasteiger partial charge in [0.05, 0.1) is 19.7 Å². The molecule has 1 unspecified atom stereocenters. The van der Waals surface area contributed by atoms with Gasteiger partial charge < -0.3 is 20.2 Å². The number of fused-ring (bicyclic) bond motifs is 1. The summed E-state index contributed by atoms with van der Waals surface area (Å²) in [4.78, 5) is 21.0. The molecule has 0 radical (unpaired) electrons. The van der Waals surface area contributed by atoms with E-state index < -0.39 is 17.8 Å². The number of oxazole rings is 1. The number of nitrogens with one attached hydrogen (secondary N) is 1. The molecule has 34 heavy (non-hydrogen) atoms. The SMILES string of the molecule is COc1ccc(-c2nc(C(=O)NC(C)c3ccccc3)c(CN)o2)c2ccc(C(F)(F)F)nc12. The van der Waals surface area contributed by atoms with Gasteiger partial charge in [-0.15, -0.1) is 0 Å². The third kappa shape index (κ3) is 4.44. The van der Waals surface area contributed by atoms with Crippen LogP contribution >= 0.6 is 0 Å². The summed E-state index contributed by atoms with van der Waals surface area (Å²) in [5.41, 5.74) is 5.97. The van der Waals surface area contributed by atoms with Gasteiger partial charge in [-0.1, -0.05) is 30.3 Å². The van der Waals surface area contributed by atoms with Gasteiger partial charge in [0.1, 0.15) is 17.0 Å². The molecule has 0 saturated carbocycles. The summed E-state index contributed by atoms with van der Waals surface area (Å²) in [6.45, 7) is 1.73. The lowest BCUT2D eigenvalue weighted by atomic mass is 10.1. The zero-order chi connectivity index (χ0) is 24.5. The summed E-state index contributed by atoms with van der Waals surface area (Å²) in [6.07, 6.45) is -4.62. The molecule has 0 aliphatic rings. The van der Waals surface area contributed by atoms with E-state index in [4.69, 9.17) is 14.9 Å². The number of nitrogens with zero attached hydrogens (tertiary/aromatic N) is 2. The van der Waals surface area contributed by atoms with Crippen LogP contribution in [0.15, 0.2) is 59.0 Å². The molecule has 0 fully saturated rings. The number of carbonyl (C=O) groups is 1. The zero-order valence-corrected chi connectivity index (χ0v) is 18.3. The minimum atomic E-state index is -4.62. The Hall–Kier alpha value is -3.92. The Kier molecular flexibility index (Phi) is 6.25. The molecule has 10 heteroatoms. The van der Waals surface area contributed by atoms with Crippen molar-refractivity contribution in [1.82, 2.24) is 15.3 Å². The van der Waals surface area contributed by atoms with Crippen LogP contribution in [0, 0.1) is 0 Å². The lowest BCUT2D eigenvalue weighted by molar-refractivity contribution is -0.140. The van der Waals surface area contributed by atoms with Gasteiger partial charge in [0.2, 0.25) is 5.89 Å². The van der Waals surface area contributed by atoms with Crippen molar-refractivity contribution in [3.05, 3.63) is 77.3 Å². The lowest BCUT2D eigenvalue weighted by Crippen LogP contribution is -2.28. The van der Waals surface area contributed by atoms with Crippen LogP contribution in [0.5, 0.6) is 5.75 Å². The van der Waals surface area contributed by atoms with Crippen LogP contribution in [0.3, 0.4) is 0 Å². The minimum absolute atomic E-state index is 0.00381. The van der Waals surface area contributed by atoms with Crippen LogP contribution in [-0.4, -0.2) is 23.0 Å². The third-order valence-electron chi connectivity index (χ3n) is 5.31. The Labute approximate surface area is 192 Å². The van der Waals surface area contributed by atoms with Gasteiger partial charge in [-0.2, -0.15) is 13.2 Å². The Bertz CT molecular complexity index is 1340. The van der Waals surface area contributed by atoms with Crippen molar-refractivity contribution in [3.8, 4) is 17.2 Å². The average molecular weight is 470 g/mol. The van der Waals surface area contributed by atoms with Gasteiger partial charge >= 0.3 is 6.18 Å². The van der Waals surface area contributed by atoms with E-state index in [0.717, 1.165) is 11.6 Å². The van der Waals surface area contributed by atoms with Crippen molar-refractivity contribution in [2.24, 2.45) is 5.73 Å². The quantitative estimate of drug-likeness (QED) is 0.417. The number of rotatable bonds is 6. The number of hydrogen-bond acceptors (Lipinski definition) is 6. The Morgan fingerprint density at radius 3 is 2.50 bits per heavy atom. The molecule has 0 saturated heterocycles. The van der Waals surface area contributed by atoms with Crippen LogP contribution in [0.1, 0.15) is 40.5 Å². The number of amides is 1. The maximum absolute atomic E-state index is 13.2. The molecule has 2 aromatic heterocycles. The molecular weight excluding hydrogens is 449 g/mol. The number of methoxy groups -OCH3 is 1. The van der Waals surface area contributed by atoms with Gasteiger partial charge in [0.25, 0.3) is 5.91 Å². The minimum Gasteiger partial charge on any atom is -0.494 e. The van der Waals surface area contributed by atoms with Gasteiger partial charge in [0, 0.05) is 10.9 Å². The molecule has 0 spiro atoms. The van der Waals surface area contributed by atoms with Crippen molar-refractivity contribution >= 4 is 16.8 Å². The summed E-state index contributed by atoms with van der Waals surface area (Å²) >= 11 is 0. The fourth-order valence-electron chi connectivity index (χ4n) is 3.57. The Balaban J connectivity index is 1.74. The molecule has 7 nitrogen and oxygen atoms in total. The van der Waals surface area contributed by atoms with E-state index >= 15 is 0 Å². The fourth-order valence-corrected chi connectivity index (χ4v) is 3.57. The van der Waals surface area contributed by atoms with E-state index in [0.29, 0.717) is 10.9 Å². The number of ether oxygens (including phenoxy) is 1. The second-order valence-electron chi connectivity index (χ2n) is 7.51. The fraction of sp³-hybridized carbons (Fsp3) is 0.208. The van der Waals surface area contributed by atoms with E-state index in [9.17, 15) is 18.0 Å². The summed E-state index contributed by atoms with van der Waals surface area (Å²) in [7, 11) is 1.34. The maximum Gasteiger partial charge on any atom is 0.433 e. The number of benzene rings is 2. The molecule has 0 bridgehead atoms. The van der Waals surface area contributed by atoms with E-state index in [1.54, 1.807) is 6.07 Å². The average Bonchev–Trinajstić information content (AvgIpc) is 3.27. The molecule has 3 N–H and O–H groups in total. The first-order chi connectivity index (χ1) is 16.2. The standard InChI is InChI=1S/C24H21F3N4O3/c1-13(14-6-4-3-5-7-14)29-22(32)21-18(12-28)34-23(31-21)16-8-10-17(33-2)20-15(16)9-11-19(30-20)24(25,26)27/h3-11,13H,12,28H2,1-2H3,(H,29,32). The molecule has 1 amide bonds. The molecule has 0 aliphatic carbocycles. The highest BCUT2D eigenvalue weighted by Gasteiger charge is 2.33. The number of nitrogens with two attached hydrogens (primary N) is 1. The molecule has 2 heterocycles. The summed E-state index contributed by atoms with van der Waals surface area (Å²) in [6, 6.07) is 14.3. The molecule has 1 atom stereocenters. The topological polar surface area (TPSA) is 103 Å². The summed E-state index contributed by atoms with van der Waals surface area (Å²) in [5, 5.41) is 3.18. The van der Waals surface area contributed by atoms with Gasteiger partial charge in [-0.05, 0) is 36.8 Å². The largest absolute Gasteiger partial charge is 0.494 e. The van der Waals surface area contributed by atoms with E-state index in [2.05, 4.69) is 15.3 Å². The summed E-state index contributed by atoms with van der Waals surface area (Å²) in [5.74, 6) is -0.143. The first-order valence-corrected chi connectivity index (χ1v) is 10.3. The predicted molar refractivity (Wildman–Crippen MR) is 119 cm³/mol. The second kappa shape index (κ2) is 9.14. The monoisotopic (exact) mass is 470 g/mol. The van der Waals surface area contributed by atoms with Crippen LogP contribution < -0.4 is 15.8 Å². The normalized spacial score (nSPS) is 12.5. The number of hydrogen-bond donors (Lipinski definition) is 2. The molecule has 176 valence electrons. The predicted octanol–water partition coefficient (Wildman–Crippen LogP) is 4.87. The van der Waals surface area contributed by atoms with Crippen molar-refractivity contribution in [2.45, 2.75) is 25.7 Å². The van der Waals surface area contributed by atoms with E-state index in [1.165, 1.54) is 19.2 Å². The van der Waals surface area contributed by atoms with Gasteiger partial charge in [-0.25, -0.2) is 9.97 Å². The molecule has 0 aliphatic heterocycles. The van der Waals surface area contributed by atoms with Crippen molar-refractivity contribution < 1.29 is 27.1 Å².